The van der Waals surface area contributed by atoms with Crippen LogP contribution in [0.1, 0.15) is 10.4 Å². The number of aromatic nitrogens is 1. The summed E-state index contributed by atoms with van der Waals surface area (Å²) in [5.74, 6) is -0.291. The highest BCUT2D eigenvalue weighted by molar-refractivity contribution is 14.1. The molecule has 0 aliphatic rings. The zero-order valence-electron chi connectivity index (χ0n) is 12.4. The SMILES string of the molecule is O=C(Nc1nc(-c2cccc([N+](=O)[O-])c2)cs1)c1ccc(Cl)cc1I. The molecule has 0 bridgehead atoms. The second kappa shape index (κ2) is 7.46. The molecule has 3 rings (SSSR count). The van der Waals surface area contributed by atoms with Gasteiger partial charge in [0.25, 0.3) is 11.6 Å². The molecular formula is C16H9ClIN3O3S. The van der Waals surface area contributed by atoms with Gasteiger partial charge in [-0.1, -0.05) is 23.7 Å². The Morgan fingerprint density at radius 3 is 2.80 bits per heavy atom. The van der Waals surface area contributed by atoms with Crippen molar-refractivity contribution in [2.24, 2.45) is 0 Å². The Morgan fingerprint density at radius 1 is 1.28 bits per heavy atom. The van der Waals surface area contributed by atoms with Crippen molar-refractivity contribution >= 4 is 62.3 Å². The van der Waals surface area contributed by atoms with Crippen LogP contribution >= 0.6 is 45.5 Å². The van der Waals surface area contributed by atoms with Gasteiger partial charge in [-0.2, -0.15) is 0 Å². The number of thiazole rings is 1. The molecule has 1 heterocycles. The molecule has 0 radical (unpaired) electrons. The van der Waals surface area contributed by atoms with Gasteiger partial charge in [0.2, 0.25) is 0 Å². The molecular weight excluding hydrogens is 477 g/mol. The third-order valence-electron chi connectivity index (χ3n) is 3.25. The molecule has 2 aromatic carbocycles. The van der Waals surface area contributed by atoms with Gasteiger partial charge < -0.3 is 0 Å². The van der Waals surface area contributed by atoms with E-state index in [9.17, 15) is 14.9 Å². The monoisotopic (exact) mass is 485 g/mol. The minimum absolute atomic E-state index is 0.00759. The summed E-state index contributed by atoms with van der Waals surface area (Å²) >= 11 is 9.18. The number of nitrogens with one attached hydrogen (secondary N) is 1. The summed E-state index contributed by atoms with van der Waals surface area (Å²) in [7, 11) is 0. The van der Waals surface area contributed by atoms with Crippen molar-refractivity contribution in [1.29, 1.82) is 0 Å². The van der Waals surface area contributed by atoms with Gasteiger partial charge in [-0.3, -0.25) is 20.2 Å². The molecule has 0 saturated carbocycles. The quantitative estimate of drug-likeness (QED) is 0.312. The molecule has 25 heavy (non-hydrogen) atoms. The average Bonchev–Trinajstić information content (AvgIpc) is 3.03. The molecule has 1 N–H and O–H groups in total. The molecule has 1 aromatic heterocycles. The van der Waals surface area contributed by atoms with E-state index in [1.54, 1.807) is 35.7 Å². The maximum Gasteiger partial charge on any atom is 0.270 e. The number of nitro benzene ring substituents is 1. The first kappa shape index (κ1) is 17.8. The largest absolute Gasteiger partial charge is 0.298 e. The highest BCUT2D eigenvalue weighted by Gasteiger charge is 2.14. The number of benzene rings is 2. The maximum atomic E-state index is 12.4. The summed E-state index contributed by atoms with van der Waals surface area (Å²) in [5.41, 5.74) is 1.67. The number of carbonyl (C=O) groups excluding carboxylic acids is 1. The number of hydrogen-bond donors (Lipinski definition) is 1. The number of amides is 1. The van der Waals surface area contributed by atoms with Crippen LogP contribution in [0.2, 0.25) is 5.02 Å². The number of nitro groups is 1. The number of carbonyl (C=O) groups is 1. The van der Waals surface area contributed by atoms with Crippen LogP contribution in [0.5, 0.6) is 0 Å². The van der Waals surface area contributed by atoms with Crippen molar-refractivity contribution < 1.29 is 9.72 Å². The summed E-state index contributed by atoms with van der Waals surface area (Å²) in [6.45, 7) is 0. The zero-order chi connectivity index (χ0) is 18.0. The van der Waals surface area contributed by atoms with Crippen LogP contribution in [-0.4, -0.2) is 15.8 Å². The topological polar surface area (TPSA) is 85.1 Å². The predicted octanol–water partition coefficient (Wildman–Crippen LogP) is 5.23. The zero-order valence-corrected chi connectivity index (χ0v) is 16.1. The molecule has 3 aromatic rings. The normalized spacial score (nSPS) is 10.5. The van der Waals surface area contributed by atoms with E-state index in [-0.39, 0.29) is 11.6 Å². The smallest absolute Gasteiger partial charge is 0.270 e. The maximum absolute atomic E-state index is 12.4. The standard InChI is InChI=1S/C16H9ClIN3O3S/c17-10-4-5-12(13(18)7-10)15(22)20-16-19-14(8-25-16)9-2-1-3-11(6-9)21(23)24/h1-8H,(H,19,20,22). The lowest BCUT2D eigenvalue weighted by atomic mass is 10.1. The molecule has 0 unspecified atom stereocenters. The lowest BCUT2D eigenvalue weighted by molar-refractivity contribution is -0.384. The second-order valence-corrected chi connectivity index (χ2v) is 7.38. The lowest BCUT2D eigenvalue weighted by Gasteiger charge is -2.04. The van der Waals surface area contributed by atoms with Crippen molar-refractivity contribution in [2.75, 3.05) is 5.32 Å². The summed E-state index contributed by atoms with van der Waals surface area (Å²) in [4.78, 5) is 27.1. The van der Waals surface area contributed by atoms with Crippen LogP contribution in [0, 0.1) is 13.7 Å². The van der Waals surface area contributed by atoms with Crippen molar-refractivity contribution in [2.45, 2.75) is 0 Å². The highest BCUT2D eigenvalue weighted by atomic mass is 127. The van der Waals surface area contributed by atoms with E-state index in [1.807, 2.05) is 22.6 Å². The summed E-state index contributed by atoms with van der Waals surface area (Å²) in [6, 6.07) is 11.2. The Kier molecular flexibility index (Phi) is 5.30. The van der Waals surface area contributed by atoms with E-state index >= 15 is 0 Å². The third kappa shape index (κ3) is 4.14. The minimum atomic E-state index is -0.457. The summed E-state index contributed by atoms with van der Waals surface area (Å²) in [5, 5.41) is 16.3. The Labute approximate surface area is 165 Å². The number of nitrogens with zero attached hydrogens (tertiary/aromatic N) is 2. The Hall–Kier alpha value is -2.04. The van der Waals surface area contributed by atoms with Gasteiger partial charge >= 0.3 is 0 Å². The molecule has 0 fully saturated rings. The van der Waals surface area contributed by atoms with Crippen LogP contribution in [0.3, 0.4) is 0 Å². The van der Waals surface area contributed by atoms with Crippen LogP contribution in [0.4, 0.5) is 10.8 Å². The van der Waals surface area contributed by atoms with Crippen LogP contribution < -0.4 is 5.32 Å². The fraction of sp³-hybridized carbons (Fsp3) is 0. The van der Waals surface area contributed by atoms with E-state index in [0.717, 1.165) is 3.57 Å². The first-order valence-electron chi connectivity index (χ1n) is 6.91. The minimum Gasteiger partial charge on any atom is -0.298 e. The molecule has 0 atom stereocenters. The van der Waals surface area contributed by atoms with Gasteiger partial charge in [0, 0.05) is 31.7 Å². The average molecular weight is 486 g/mol. The number of anilines is 1. The van der Waals surface area contributed by atoms with E-state index < -0.39 is 4.92 Å². The molecule has 6 nitrogen and oxygen atoms in total. The van der Waals surface area contributed by atoms with Gasteiger partial charge in [0.05, 0.1) is 16.2 Å². The van der Waals surface area contributed by atoms with E-state index in [2.05, 4.69) is 10.3 Å². The lowest BCUT2D eigenvalue weighted by Crippen LogP contribution is -2.13. The molecule has 0 saturated heterocycles. The molecule has 126 valence electrons. The predicted molar refractivity (Wildman–Crippen MR) is 106 cm³/mol. The first-order chi connectivity index (χ1) is 11.9. The highest BCUT2D eigenvalue weighted by Crippen LogP contribution is 2.28. The van der Waals surface area contributed by atoms with Gasteiger partial charge in [0.15, 0.2) is 5.13 Å². The van der Waals surface area contributed by atoms with E-state index in [4.69, 9.17) is 11.6 Å². The molecule has 0 aliphatic carbocycles. The van der Waals surface area contributed by atoms with Gasteiger partial charge in [-0.25, -0.2) is 4.98 Å². The fourth-order valence-corrected chi connectivity index (χ4v) is 3.91. The number of halogens is 2. The van der Waals surface area contributed by atoms with Crippen LogP contribution in [-0.2, 0) is 0 Å². The van der Waals surface area contributed by atoms with Gasteiger partial charge in [-0.05, 0) is 40.8 Å². The van der Waals surface area contributed by atoms with E-state index in [1.165, 1.54) is 23.5 Å². The van der Waals surface area contributed by atoms with Crippen LogP contribution in [0.25, 0.3) is 11.3 Å². The molecule has 0 aliphatic heterocycles. The third-order valence-corrected chi connectivity index (χ3v) is 5.14. The first-order valence-corrected chi connectivity index (χ1v) is 9.24. The Morgan fingerprint density at radius 2 is 2.08 bits per heavy atom. The summed E-state index contributed by atoms with van der Waals surface area (Å²) < 4.78 is 0.734. The number of non-ortho nitro benzene ring substituents is 1. The number of hydrogen-bond acceptors (Lipinski definition) is 5. The Balaban J connectivity index is 1.81. The molecule has 0 spiro atoms. The molecule has 1 amide bonds. The van der Waals surface area contributed by atoms with E-state index in [0.29, 0.717) is 27.0 Å². The van der Waals surface area contributed by atoms with Gasteiger partial charge in [0.1, 0.15) is 0 Å². The Bertz CT molecular complexity index is 977. The van der Waals surface area contributed by atoms with Crippen molar-refractivity contribution in [3.05, 3.63) is 72.1 Å². The summed E-state index contributed by atoms with van der Waals surface area (Å²) in [6.07, 6.45) is 0. The fourth-order valence-electron chi connectivity index (χ4n) is 2.08. The second-order valence-electron chi connectivity index (χ2n) is 4.92. The van der Waals surface area contributed by atoms with Crippen LogP contribution in [0.15, 0.2) is 47.8 Å². The van der Waals surface area contributed by atoms with Crippen molar-refractivity contribution in [3.63, 3.8) is 0 Å². The number of rotatable bonds is 4. The van der Waals surface area contributed by atoms with Crippen molar-refractivity contribution in [1.82, 2.24) is 4.98 Å². The van der Waals surface area contributed by atoms with Crippen molar-refractivity contribution in [3.8, 4) is 11.3 Å². The molecule has 9 heteroatoms. The van der Waals surface area contributed by atoms with Gasteiger partial charge in [-0.15, -0.1) is 11.3 Å².